The molecule has 0 spiro atoms. The molecule has 0 aromatic carbocycles. The monoisotopic (exact) mass is 203 g/mol. The van der Waals surface area contributed by atoms with Crippen molar-refractivity contribution >= 4 is 23.6 Å². The molecule has 1 rings (SSSR count). The molecule has 1 N–H and O–H groups in total. The highest BCUT2D eigenvalue weighted by atomic mass is 32.2. The Kier molecular flexibility index (Phi) is 3.19. The molecular formula is C8H13NO3S. The van der Waals surface area contributed by atoms with Gasteiger partial charge in [-0.2, -0.15) is 0 Å². The number of carboxylic acid groups (broad SMARTS) is 1. The molecule has 0 aliphatic carbocycles. The molecule has 1 saturated heterocycles. The Bertz CT molecular complexity index is 229. The Morgan fingerprint density at radius 3 is 2.69 bits per heavy atom. The zero-order chi connectivity index (χ0) is 10.0. The van der Waals surface area contributed by atoms with E-state index in [1.807, 2.05) is 13.8 Å². The molecule has 0 saturated carbocycles. The van der Waals surface area contributed by atoms with E-state index in [4.69, 9.17) is 5.11 Å². The Morgan fingerprint density at radius 1 is 1.69 bits per heavy atom. The number of thioether (sulfide) groups is 1. The largest absolute Gasteiger partial charge is 0.480 e. The minimum atomic E-state index is -0.908. The first-order valence-electron chi connectivity index (χ1n) is 4.15. The minimum Gasteiger partial charge on any atom is -0.480 e. The van der Waals surface area contributed by atoms with Crippen molar-refractivity contribution in [2.45, 2.75) is 25.9 Å². The molecule has 74 valence electrons. The van der Waals surface area contributed by atoms with Crippen molar-refractivity contribution in [2.75, 3.05) is 11.5 Å². The molecule has 1 aliphatic rings. The van der Waals surface area contributed by atoms with Gasteiger partial charge >= 0.3 is 5.97 Å². The number of carboxylic acids is 1. The predicted molar refractivity (Wildman–Crippen MR) is 50.7 cm³/mol. The van der Waals surface area contributed by atoms with Crippen molar-refractivity contribution in [3.05, 3.63) is 0 Å². The second-order valence-corrected chi connectivity index (χ2v) is 4.29. The van der Waals surface area contributed by atoms with Crippen LogP contribution in [0.3, 0.4) is 0 Å². The third kappa shape index (κ3) is 2.15. The predicted octanol–water partition coefficient (Wildman–Crippen LogP) is 0.423. The quantitative estimate of drug-likeness (QED) is 0.706. The van der Waals surface area contributed by atoms with E-state index in [1.54, 1.807) is 0 Å². The SMILES string of the molecule is CC(C)N1C(=O)CSCC1C(=O)O. The number of amides is 1. The van der Waals surface area contributed by atoms with Crippen LogP contribution in [-0.2, 0) is 9.59 Å². The van der Waals surface area contributed by atoms with E-state index >= 15 is 0 Å². The van der Waals surface area contributed by atoms with Crippen molar-refractivity contribution in [3.63, 3.8) is 0 Å². The van der Waals surface area contributed by atoms with Gasteiger partial charge in [0.2, 0.25) is 5.91 Å². The summed E-state index contributed by atoms with van der Waals surface area (Å²) < 4.78 is 0. The molecule has 13 heavy (non-hydrogen) atoms. The summed E-state index contributed by atoms with van der Waals surface area (Å²) in [6.07, 6.45) is 0. The van der Waals surface area contributed by atoms with E-state index in [-0.39, 0.29) is 11.9 Å². The van der Waals surface area contributed by atoms with Gasteiger partial charge in [-0.25, -0.2) is 4.79 Å². The van der Waals surface area contributed by atoms with Crippen LogP contribution in [0, 0.1) is 0 Å². The van der Waals surface area contributed by atoms with Crippen LogP contribution in [0.25, 0.3) is 0 Å². The van der Waals surface area contributed by atoms with Gasteiger partial charge in [0, 0.05) is 11.8 Å². The molecule has 4 nitrogen and oxygen atoms in total. The van der Waals surface area contributed by atoms with Gasteiger partial charge in [0.15, 0.2) is 0 Å². The van der Waals surface area contributed by atoms with Gasteiger partial charge in [0.05, 0.1) is 5.75 Å². The van der Waals surface area contributed by atoms with Gasteiger partial charge in [-0.15, -0.1) is 11.8 Å². The van der Waals surface area contributed by atoms with Crippen LogP contribution in [-0.4, -0.2) is 45.5 Å². The molecule has 1 aliphatic heterocycles. The Balaban J connectivity index is 2.80. The van der Waals surface area contributed by atoms with E-state index < -0.39 is 12.0 Å². The lowest BCUT2D eigenvalue weighted by Crippen LogP contribution is -2.53. The minimum absolute atomic E-state index is 0.0329. The zero-order valence-corrected chi connectivity index (χ0v) is 8.50. The fraction of sp³-hybridized carbons (Fsp3) is 0.750. The molecule has 1 atom stereocenters. The van der Waals surface area contributed by atoms with Gasteiger partial charge in [-0.3, -0.25) is 4.79 Å². The third-order valence-corrected chi connectivity index (χ3v) is 2.97. The van der Waals surface area contributed by atoms with Crippen LogP contribution in [0.1, 0.15) is 13.8 Å². The summed E-state index contributed by atoms with van der Waals surface area (Å²) in [6.45, 7) is 3.67. The van der Waals surface area contributed by atoms with Gasteiger partial charge in [-0.05, 0) is 13.8 Å². The number of hydrogen-bond acceptors (Lipinski definition) is 3. The summed E-state index contributed by atoms with van der Waals surface area (Å²) in [4.78, 5) is 23.7. The van der Waals surface area contributed by atoms with Crippen LogP contribution in [0.2, 0.25) is 0 Å². The molecule has 1 fully saturated rings. The summed E-state index contributed by atoms with van der Waals surface area (Å²) >= 11 is 1.39. The second-order valence-electron chi connectivity index (χ2n) is 3.26. The maximum Gasteiger partial charge on any atom is 0.327 e. The van der Waals surface area contributed by atoms with E-state index in [1.165, 1.54) is 16.7 Å². The average molecular weight is 203 g/mol. The molecule has 0 aromatic heterocycles. The first-order valence-corrected chi connectivity index (χ1v) is 5.31. The Morgan fingerprint density at radius 2 is 2.31 bits per heavy atom. The molecule has 5 heteroatoms. The van der Waals surface area contributed by atoms with Crippen molar-refractivity contribution in [3.8, 4) is 0 Å². The molecular weight excluding hydrogens is 190 g/mol. The highest BCUT2D eigenvalue weighted by Crippen LogP contribution is 2.19. The Labute approximate surface area is 81.3 Å². The van der Waals surface area contributed by atoms with Crippen molar-refractivity contribution in [2.24, 2.45) is 0 Å². The first kappa shape index (κ1) is 10.4. The van der Waals surface area contributed by atoms with Crippen molar-refractivity contribution in [1.82, 2.24) is 4.90 Å². The highest BCUT2D eigenvalue weighted by Gasteiger charge is 2.34. The Hall–Kier alpha value is -0.710. The lowest BCUT2D eigenvalue weighted by Gasteiger charge is -2.35. The van der Waals surface area contributed by atoms with E-state index in [0.29, 0.717) is 11.5 Å². The van der Waals surface area contributed by atoms with E-state index in [9.17, 15) is 9.59 Å². The number of aliphatic carboxylic acids is 1. The van der Waals surface area contributed by atoms with Crippen LogP contribution in [0.5, 0.6) is 0 Å². The lowest BCUT2D eigenvalue weighted by atomic mass is 10.2. The third-order valence-electron chi connectivity index (χ3n) is 1.97. The normalized spacial score (nSPS) is 23.8. The average Bonchev–Trinajstić information content (AvgIpc) is 2.02. The zero-order valence-electron chi connectivity index (χ0n) is 7.69. The topological polar surface area (TPSA) is 57.6 Å². The van der Waals surface area contributed by atoms with Gasteiger partial charge in [-0.1, -0.05) is 0 Å². The fourth-order valence-corrected chi connectivity index (χ4v) is 2.39. The number of carbonyl (C=O) groups excluding carboxylic acids is 1. The number of hydrogen-bond donors (Lipinski definition) is 1. The molecule has 0 aromatic rings. The van der Waals surface area contributed by atoms with Gasteiger partial charge < -0.3 is 10.0 Å². The van der Waals surface area contributed by atoms with E-state index in [2.05, 4.69) is 0 Å². The maximum absolute atomic E-state index is 11.4. The summed E-state index contributed by atoms with van der Waals surface area (Å²) in [5.74, 6) is -0.0748. The van der Waals surface area contributed by atoms with Crippen LogP contribution >= 0.6 is 11.8 Å². The maximum atomic E-state index is 11.4. The number of carbonyl (C=O) groups is 2. The van der Waals surface area contributed by atoms with E-state index in [0.717, 1.165) is 0 Å². The summed E-state index contributed by atoms with van der Waals surface area (Å²) in [7, 11) is 0. The summed E-state index contributed by atoms with van der Waals surface area (Å²) in [5.41, 5.74) is 0. The highest BCUT2D eigenvalue weighted by molar-refractivity contribution is 8.00. The number of rotatable bonds is 2. The standard InChI is InChI=1S/C8H13NO3S/c1-5(2)9-6(8(11)12)3-13-4-7(9)10/h5-6H,3-4H2,1-2H3,(H,11,12). The fourth-order valence-electron chi connectivity index (χ4n) is 1.42. The second kappa shape index (κ2) is 4.00. The smallest absolute Gasteiger partial charge is 0.327 e. The van der Waals surface area contributed by atoms with Crippen LogP contribution in [0.15, 0.2) is 0 Å². The molecule has 1 heterocycles. The van der Waals surface area contributed by atoms with Gasteiger partial charge in [0.25, 0.3) is 0 Å². The van der Waals surface area contributed by atoms with Crippen molar-refractivity contribution in [1.29, 1.82) is 0 Å². The molecule has 1 amide bonds. The number of nitrogens with zero attached hydrogens (tertiary/aromatic N) is 1. The lowest BCUT2D eigenvalue weighted by molar-refractivity contribution is -0.150. The molecule has 1 unspecified atom stereocenters. The first-order chi connectivity index (χ1) is 6.04. The van der Waals surface area contributed by atoms with Crippen LogP contribution < -0.4 is 0 Å². The summed E-state index contributed by atoms with van der Waals surface area (Å²) in [6, 6.07) is -0.680. The molecule has 0 radical (unpaired) electrons. The summed E-state index contributed by atoms with van der Waals surface area (Å²) in [5, 5.41) is 8.87. The molecule has 0 bridgehead atoms. The van der Waals surface area contributed by atoms with Crippen molar-refractivity contribution < 1.29 is 14.7 Å². The van der Waals surface area contributed by atoms with Gasteiger partial charge in [0.1, 0.15) is 6.04 Å². The van der Waals surface area contributed by atoms with Crippen LogP contribution in [0.4, 0.5) is 0 Å².